The smallest absolute Gasteiger partial charge is 0.252 e. The van der Waals surface area contributed by atoms with Gasteiger partial charge in [-0.25, -0.2) is 0 Å². The fourth-order valence-electron chi connectivity index (χ4n) is 3.25. The molecule has 2 amide bonds. The van der Waals surface area contributed by atoms with Gasteiger partial charge >= 0.3 is 0 Å². The summed E-state index contributed by atoms with van der Waals surface area (Å²) < 4.78 is 15.1. The van der Waals surface area contributed by atoms with Gasteiger partial charge in [-0.1, -0.05) is 5.16 Å². The number of anilines is 2. The van der Waals surface area contributed by atoms with Crippen molar-refractivity contribution in [1.29, 1.82) is 0 Å². The van der Waals surface area contributed by atoms with Crippen molar-refractivity contribution in [3.05, 3.63) is 48.2 Å². The molecule has 4 rings (SSSR count). The molecule has 0 fully saturated rings. The second-order valence-corrected chi connectivity index (χ2v) is 6.64. The molecule has 0 saturated heterocycles. The first-order chi connectivity index (χ1) is 14.1. The minimum atomic E-state index is -0.154. The van der Waals surface area contributed by atoms with Crippen LogP contribution in [0, 0.1) is 0 Å². The number of aryl methyl sites for hydroxylation is 1. The molecule has 29 heavy (non-hydrogen) atoms. The number of nitrogens with zero attached hydrogens (tertiary/aromatic N) is 3. The molecule has 2 aromatic heterocycles. The number of benzene rings is 1. The zero-order valence-corrected chi connectivity index (χ0v) is 15.9. The van der Waals surface area contributed by atoms with Crippen LogP contribution in [0.3, 0.4) is 0 Å². The van der Waals surface area contributed by atoms with Crippen LogP contribution in [-0.2, 0) is 27.2 Å². The summed E-state index contributed by atoms with van der Waals surface area (Å²) in [6.45, 7) is 0.668. The number of fused-ring (bicyclic) bond motifs is 1. The van der Waals surface area contributed by atoms with E-state index in [-0.39, 0.29) is 24.8 Å². The third kappa shape index (κ3) is 4.19. The average Bonchev–Trinajstić information content (AvgIpc) is 3.45. The normalized spacial score (nSPS) is 12.8. The number of carbonyl (C=O) groups is 2. The van der Waals surface area contributed by atoms with Crippen molar-refractivity contribution in [3.8, 4) is 11.4 Å². The zero-order valence-electron chi connectivity index (χ0n) is 15.9. The molecule has 0 radical (unpaired) electrons. The van der Waals surface area contributed by atoms with Crippen molar-refractivity contribution >= 4 is 23.2 Å². The number of carbonyl (C=O) groups excluding carboxylic acids is 2. The van der Waals surface area contributed by atoms with E-state index in [0.29, 0.717) is 30.4 Å². The second kappa shape index (κ2) is 8.27. The van der Waals surface area contributed by atoms with Crippen LogP contribution in [0.15, 0.2) is 45.7 Å². The summed E-state index contributed by atoms with van der Waals surface area (Å²) in [5.41, 5.74) is 3.30. The predicted octanol–water partition coefficient (Wildman–Crippen LogP) is 2.44. The summed E-state index contributed by atoms with van der Waals surface area (Å²) in [6.07, 6.45) is 4.35. The Morgan fingerprint density at radius 3 is 3.00 bits per heavy atom. The van der Waals surface area contributed by atoms with Gasteiger partial charge in [0.05, 0.1) is 11.8 Å². The lowest BCUT2D eigenvalue weighted by molar-refractivity contribution is -0.122. The topological polar surface area (TPSA) is 111 Å². The fraction of sp³-hybridized carbons (Fsp3) is 0.300. The Hall–Kier alpha value is -3.46. The van der Waals surface area contributed by atoms with Gasteiger partial charge in [0.1, 0.15) is 12.9 Å². The molecule has 1 aliphatic rings. The van der Waals surface area contributed by atoms with Gasteiger partial charge in [-0.05, 0) is 36.2 Å². The SMILES string of the molecule is COCC(=O)N1CCc2cc(NC(=O)CCc3nc(-c4ccoc4)no3)ccc21. The van der Waals surface area contributed by atoms with Gasteiger partial charge in [0, 0.05) is 37.9 Å². The number of rotatable bonds is 7. The van der Waals surface area contributed by atoms with Crippen LogP contribution in [0.5, 0.6) is 0 Å². The van der Waals surface area contributed by atoms with Crippen molar-refractivity contribution in [3.63, 3.8) is 0 Å². The second-order valence-electron chi connectivity index (χ2n) is 6.64. The number of aromatic nitrogens is 2. The molecular formula is C20H20N4O5. The van der Waals surface area contributed by atoms with Gasteiger partial charge in [-0.3, -0.25) is 9.59 Å². The van der Waals surface area contributed by atoms with Crippen molar-refractivity contribution < 1.29 is 23.3 Å². The first kappa shape index (κ1) is 18.9. The summed E-state index contributed by atoms with van der Waals surface area (Å²) in [5, 5.41) is 6.75. The van der Waals surface area contributed by atoms with E-state index < -0.39 is 0 Å². The molecule has 3 aromatic rings. The molecule has 1 aliphatic heterocycles. The molecule has 0 atom stereocenters. The number of methoxy groups -OCH3 is 1. The highest BCUT2D eigenvalue weighted by Gasteiger charge is 2.24. The first-order valence-corrected chi connectivity index (χ1v) is 9.21. The Bertz CT molecular complexity index is 1010. The van der Waals surface area contributed by atoms with E-state index >= 15 is 0 Å². The number of hydrogen-bond donors (Lipinski definition) is 1. The molecule has 0 unspecified atom stereocenters. The van der Waals surface area contributed by atoms with Gasteiger partial charge in [0.2, 0.25) is 17.6 Å². The van der Waals surface area contributed by atoms with E-state index in [9.17, 15) is 9.59 Å². The van der Waals surface area contributed by atoms with Gasteiger partial charge < -0.3 is 23.9 Å². The Balaban J connectivity index is 1.33. The van der Waals surface area contributed by atoms with E-state index in [1.54, 1.807) is 17.0 Å². The van der Waals surface area contributed by atoms with Crippen LogP contribution in [0.2, 0.25) is 0 Å². The molecule has 9 heteroatoms. The summed E-state index contributed by atoms with van der Waals surface area (Å²) in [6, 6.07) is 7.27. The maximum atomic E-state index is 12.3. The summed E-state index contributed by atoms with van der Waals surface area (Å²) in [4.78, 5) is 30.3. The highest BCUT2D eigenvalue weighted by Crippen LogP contribution is 2.30. The van der Waals surface area contributed by atoms with Gasteiger partial charge in [0.15, 0.2) is 0 Å². The van der Waals surface area contributed by atoms with E-state index in [1.165, 1.54) is 19.6 Å². The van der Waals surface area contributed by atoms with Crippen LogP contribution in [-0.4, -0.2) is 42.2 Å². The number of hydrogen-bond acceptors (Lipinski definition) is 7. The van der Waals surface area contributed by atoms with Crippen LogP contribution in [0.1, 0.15) is 17.9 Å². The maximum absolute atomic E-state index is 12.3. The monoisotopic (exact) mass is 396 g/mol. The maximum Gasteiger partial charge on any atom is 0.252 e. The quantitative estimate of drug-likeness (QED) is 0.653. The molecule has 0 aliphatic carbocycles. The molecule has 1 N–H and O–H groups in total. The highest BCUT2D eigenvalue weighted by atomic mass is 16.5. The Kier molecular flexibility index (Phi) is 5.39. The van der Waals surface area contributed by atoms with Crippen molar-refractivity contribution in [2.45, 2.75) is 19.3 Å². The van der Waals surface area contributed by atoms with E-state index in [0.717, 1.165) is 23.2 Å². The molecule has 150 valence electrons. The first-order valence-electron chi connectivity index (χ1n) is 9.21. The average molecular weight is 396 g/mol. The molecule has 0 spiro atoms. The minimum Gasteiger partial charge on any atom is -0.472 e. The lowest BCUT2D eigenvalue weighted by atomic mass is 10.1. The van der Waals surface area contributed by atoms with Gasteiger partial charge in [-0.15, -0.1) is 0 Å². The Morgan fingerprint density at radius 2 is 2.21 bits per heavy atom. The van der Waals surface area contributed by atoms with E-state index in [1.807, 2.05) is 12.1 Å². The van der Waals surface area contributed by atoms with Gasteiger partial charge in [-0.2, -0.15) is 4.98 Å². The van der Waals surface area contributed by atoms with E-state index in [2.05, 4.69) is 15.5 Å². The van der Waals surface area contributed by atoms with Gasteiger partial charge in [0.25, 0.3) is 5.91 Å². The molecule has 0 bridgehead atoms. The zero-order chi connectivity index (χ0) is 20.2. The third-order valence-corrected chi connectivity index (χ3v) is 4.64. The summed E-state index contributed by atoms with van der Waals surface area (Å²) in [5.74, 6) is 0.591. The van der Waals surface area contributed by atoms with E-state index in [4.69, 9.17) is 13.7 Å². The van der Waals surface area contributed by atoms with Crippen molar-refractivity contribution in [1.82, 2.24) is 10.1 Å². The lowest BCUT2D eigenvalue weighted by Crippen LogP contribution is -2.31. The molecular weight excluding hydrogens is 376 g/mol. The minimum absolute atomic E-state index is 0.0515. The summed E-state index contributed by atoms with van der Waals surface area (Å²) >= 11 is 0. The highest BCUT2D eigenvalue weighted by molar-refractivity contribution is 5.97. The fourth-order valence-corrected chi connectivity index (χ4v) is 3.25. The largest absolute Gasteiger partial charge is 0.472 e. The predicted molar refractivity (Wildman–Crippen MR) is 103 cm³/mol. The number of nitrogens with one attached hydrogen (secondary N) is 1. The Labute approximate surface area is 166 Å². The lowest BCUT2D eigenvalue weighted by Gasteiger charge is -2.17. The number of amides is 2. The molecule has 3 heterocycles. The van der Waals surface area contributed by atoms with Crippen LogP contribution >= 0.6 is 0 Å². The molecule has 1 aromatic carbocycles. The standard InChI is InChI=1S/C20H20N4O5/c1-27-12-19(26)24-8-6-13-10-15(2-3-16(13)24)21-17(25)4-5-18-22-20(23-29-18)14-7-9-28-11-14/h2-3,7,9-11H,4-6,8,12H2,1H3,(H,21,25). The molecule has 9 nitrogen and oxygen atoms in total. The van der Waals surface area contributed by atoms with Crippen LogP contribution < -0.4 is 10.2 Å². The number of ether oxygens (including phenoxy) is 1. The van der Waals surface area contributed by atoms with Crippen molar-refractivity contribution in [2.24, 2.45) is 0 Å². The Morgan fingerprint density at radius 1 is 1.31 bits per heavy atom. The van der Waals surface area contributed by atoms with Crippen LogP contribution in [0.25, 0.3) is 11.4 Å². The molecule has 0 saturated carbocycles. The van der Waals surface area contributed by atoms with Crippen molar-refractivity contribution in [2.75, 3.05) is 30.5 Å². The third-order valence-electron chi connectivity index (χ3n) is 4.64. The summed E-state index contributed by atoms with van der Waals surface area (Å²) in [7, 11) is 1.50. The number of furan rings is 1. The van der Waals surface area contributed by atoms with Crippen LogP contribution in [0.4, 0.5) is 11.4 Å².